The zero-order valence-corrected chi connectivity index (χ0v) is 11.7. The van der Waals surface area contributed by atoms with Crippen LogP contribution in [0, 0.1) is 0 Å². The molecule has 3 nitrogen and oxygen atoms in total. The first kappa shape index (κ1) is 14.3. The number of ether oxygens (including phenoxy) is 2. The van der Waals surface area contributed by atoms with Gasteiger partial charge in [-0.15, -0.1) is 11.3 Å². The van der Waals surface area contributed by atoms with Crippen molar-refractivity contribution in [2.24, 2.45) is 0 Å². The van der Waals surface area contributed by atoms with Gasteiger partial charge in [-0.1, -0.05) is 0 Å². The molecule has 0 radical (unpaired) electrons. The minimum atomic E-state index is -4.23. The summed E-state index contributed by atoms with van der Waals surface area (Å²) in [7, 11) is 0. The predicted octanol–water partition coefficient (Wildman–Crippen LogP) is 3.69. The highest BCUT2D eigenvalue weighted by Crippen LogP contribution is 2.28. The third kappa shape index (κ3) is 4.18. The first-order valence-electron chi connectivity index (χ1n) is 6.35. The molecule has 1 atom stereocenters. The highest BCUT2D eigenvalue weighted by atomic mass is 32.1. The third-order valence-electron chi connectivity index (χ3n) is 2.87. The summed E-state index contributed by atoms with van der Waals surface area (Å²) in [4.78, 5) is 4.02. The first-order valence-corrected chi connectivity index (χ1v) is 7.23. The number of thiazole rings is 1. The maximum Gasteiger partial charge on any atom is 0.394 e. The van der Waals surface area contributed by atoms with Gasteiger partial charge in [0.15, 0.2) is 0 Å². The molecule has 2 aromatic rings. The van der Waals surface area contributed by atoms with Crippen LogP contribution in [-0.2, 0) is 11.2 Å². The number of aromatic nitrogens is 1. The molecule has 1 aliphatic heterocycles. The molecule has 1 aliphatic rings. The molecule has 7 heteroatoms. The van der Waals surface area contributed by atoms with E-state index >= 15 is 0 Å². The number of epoxide rings is 1. The van der Waals surface area contributed by atoms with Crippen LogP contribution in [0.2, 0.25) is 0 Å². The van der Waals surface area contributed by atoms with Crippen LogP contribution in [0.4, 0.5) is 13.2 Å². The van der Waals surface area contributed by atoms with Crippen molar-refractivity contribution in [2.75, 3.05) is 13.2 Å². The Morgan fingerprint density at radius 3 is 2.62 bits per heavy atom. The normalized spacial score (nSPS) is 17.8. The van der Waals surface area contributed by atoms with Crippen molar-refractivity contribution in [3.05, 3.63) is 35.3 Å². The third-order valence-corrected chi connectivity index (χ3v) is 3.81. The van der Waals surface area contributed by atoms with Crippen LogP contribution in [0.15, 0.2) is 29.6 Å². The highest BCUT2D eigenvalue weighted by molar-refractivity contribution is 7.13. The quantitative estimate of drug-likeness (QED) is 0.789. The summed E-state index contributed by atoms with van der Waals surface area (Å²) in [6, 6.07) is 7.14. The average Bonchev–Trinajstić information content (AvgIpc) is 3.15. The zero-order valence-electron chi connectivity index (χ0n) is 10.9. The molecule has 0 aliphatic carbocycles. The Balaban J connectivity index is 1.65. The van der Waals surface area contributed by atoms with Gasteiger partial charge in [0.2, 0.25) is 0 Å². The van der Waals surface area contributed by atoms with Crippen molar-refractivity contribution in [3.8, 4) is 16.3 Å². The molecule has 0 spiro atoms. The summed E-state index contributed by atoms with van der Waals surface area (Å²) in [6.45, 7) is 1.26. The van der Waals surface area contributed by atoms with Gasteiger partial charge in [-0.05, 0) is 24.3 Å². The minimum absolute atomic E-state index is 0.0497. The summed E-state index contributed by atoms with van der Waals surface area (Å²) in [5.74, 6) is 0.710. The van der Waals surface area contributed by atoms with Crippen LogP contribution in [0.3, 0.4) is 0 Å². The Labute approximate surface area is 123 Å². The van der Waals surface area contributed by atoms with Gasteiger partial charge < -0.3 is 9.47 Å². The van der Waals surface area contributed by atoms with Crippen LogP contribution in [0.1, 0.15) is 5.69 Å². The average molecular weight is 315 g/mol. The standard InChI is InChI=1S/C14H12F3NO2S/c15-14(16,17)5-10-8-21-13(18-10)9-1-3-11(4-2-9)19-6-12-7-20-12/h1-4,8,12H,5-7H2. The van der Waals surface area contributed by atoms with Crippen LogP contribution in [0.5, 0.6) is 5.75 Å². The van der Waals surface area contributed by atoms with E-state index in [4.69, 9.17) is 9.47 Å². The Hall–Kier alpha value is -1.60. The minimum Gasteiger partial charge on any atom is -0.491 e. The molecule has 1 unspecified atom stereocenters. The summed E-state index contributed by atoms with van der Waals surface area (Å²) >= 11 is 1.21. The summed E-state index contributed by atoms with van der Waals surface area (Å²) in [5.41, 5.74) is 0.831. The van der Waals surface area contributed by atoms with Crippen molar-refractivity contribution >= 4 is 11.3 Å². The molecule has 1 fully saturated rings. The Kier molecular flexibility index (Phi) is 3.86. The largest absolute Gasteiger partial charge is 0.491 e. The molecule has 0 saturated carbocycles. The van der Waals surface area contributed by atoms with Gasteiger partial charge in [-0.2, -0.15) is 13.2 Å². The molecule has 2 heterocycles. The SMILES string of the molecule is FC(F)(F)Cc1csc(-c2ccc(OCC3CO3)cc2)n1. The Morgan fingerprint density at radius 1 is 1.29 bits per heavy atom. The topological polar surface area (TPSA) is 34.6 Å². The smallest absolute Gasteiger partial charge is 0.394 e. The van der Waals surface area contributed by atoms with Gasteiger partial charge in [0.1, 0.15) is 23.5 Å². The van der Waals surface area contributed by atoms with Crippen LogP contribution in [0.25, 0.3) is 10.6 Å². The maximum absolute atomic E-state index is 12.3. The lowest BCUT2D eigenvalue weighted by molar-refractivity contribution is -0.127. The van der Waals surface area contributed by atoms with Crippen LogP contribution >= 0.6 is 11.3 Å². The lowest BCUT2D eigenvalue weighted by atomic mass is 10.2. The second-order valence-electron chi connectivity index (χ2n) is 4.73. The van der Waals surface area contributed by atoms with Crippen LogP contribution < -0.4 is 4.74 Å². The zero-order chi connectivity index (χ0) is 14.9. The lowest BCUT2D eigenvalue weighted by Gasteiger charge is -2.04. The van der Waals surface area contributed by atoms with E-state index < -0.39 is 12.6 Å². The Bertz CT molecular complexity index is 605. The fraction of sp³-hybridized carbons (Fsp3) is 0.357. The van der Waals surface area contributed by atoms with Gasteiger partial charge in [0, 0.05) is 10.9 Å². The molecule has 1 aromatic heterocycles. The molecule has 1 saturated heterocycles. The van der Waals surface area contributed by atoms with Gasteiger partial charge >= 0.3 is 6.18 Å². The number of halogens is 3. The van der Waals surface area contributed by atoms with E-state index in [1.807, 2.05) is 0 Å². The van der Waals surface area contributed by atoms with E-state index in [9.17, 15) is 13.2 Å². The number of benzene rings is 1. The fourth-order valence-corrected chi connectivity index (χ4v) is 2.60. The molecule has 21 heavy (non-hydrogen) atoms. The second-order valence-corrected chi connectivity index (χ2v) is 5.58. The number of rotatable bonds is 5. The molecule has 0 bridgehead atoms. The van der Waals surface area contributed by atoms with Crippen molar-refractivity contribution in [3.63, 3.8) is 0 Å². The molecule has 112 valence electrons. The molecule has 1 aromatic carbocycles. The monoisotopic (exact) mass is 315 g/mol. The van der Waals surface area contributed by atoms with Crippen molar-refractivity contribution in [2.45, 2.75) is 18.7 Å². The van der Waals surface area contributed by atoms with E-state index in [0.29, 0.717) is 17.4 Å². The van der Waals surface area contributed by atoms with Gasteiger partial charge in [0.25, 0.3) is 0 Å². The van der Waals surface area contributed by atoms with Gasteiger partial charge in [-0.25, -0.2) is 4.98 Å². The number of hydrogen-bond acceptors (Lipinski definition) is 4. The van der Waals surface area contributed by atoms with Crippen molar-refractivity contribution in [1.82, 2.24) is 4.98 Å². The number of alkyl halides is 3. The van der Waals surface area contributed by atoms with E-state index in [1.54, 1.807) is 24.3 Å². The van der Waals surface area contributed by atoms with Gasteiger partial charge in [-0.3, -0.25) is 0 Å². The van der Waals surface area contributed by atoms with Crippen molar-refractivity contribution in [1.29, 1.82) is 0 Å². The van der Waals surface area contributed by atoms with Gasteiger partial charge in [0.05, 0.1) is 18.7 Å². The summed E-state index contributed by atoms with van der Waals surface area (Å²) in [5, 5.41) is 2.02. The van der Waals surface area contributed by atoms with E-state index in [0.717, 1.165) is 12.2 Å². The summed E-state index contributed by atoms with van der Waals surface area (Å²) < 4.78 is 47.4. The Morgan fingerprint density at radius 2 is 2.00 bits per heavy atom. The highest BCUT2D eigenvalue weighted by Gasteiger charge is 2.29. The van der Waals surface area contributed by atoms with E-state index in [-0.39, 0.29) is 11.8 Å². The summed E-state index contributed by atoms with van der Waals surface area (Å²) in [6.07, 6.45) is -5.03. The number of nitrogens with zero attached hydrogens (tertiary/aromatic N) is 1. The van der Waals surface area contributed by atoms with Crippen molar-refractivity contribution < 1.29 is 22.6 Å². The molecule has 3 rings (SSSR count). The first-order chi connectivity index (χ1) is 9.99. The number of hydrogen-bond donors (Lipinski definition) is 0. The van der Waals surface area contributed by atoms with E-state index in [1.165, 1.54) is 16.7 Å². The second kappa shape index (κ2) is 5.65. The molecular formula is C14H12F3NO2S. The molecule has 0 N–H and O–H groups in total. The van der Waals surface area contributed by atoms with Crippen LogP contribution in [-0.4, -0.2) is 30.5 Å². The predicted molar refractivity (Wildman–Crippen MR) is 72.5 cm³/mol. The molecule has 0 amide bonds. The fourth-order valence-electron chi connectivity index (χ4n) is 1.77. The lowest BCUT2D eigenvalue weighted by Crippen LogP contribution is -2.11. The van der Waals surface area contributed by atoms with E-state index in [2.05, 4.69) is 4.98 Å². The maximum atomic E-state index is 12.3. The molecular weight excluding hydrogens is 303 g/mol.